The Morgan fingerprint density at radius 3 is 2.36 bits per heavy atom. The van der Waals surface area contributed by atoms with Crippen LogP contribution in [0.2, 0.25) is 0 Å². The topological polar surface area (TPSA) is 12.0 Å². The van der Waals surface area contributed by atoms with Crippen molar-refractivity contribution in [3.63, 3.8) is 0 Å². The Labute approximate surface area is 87.5 Å². The van der Waals surface area contributed by atoms with Gasteiger partial charge in [-0.1, -0.05) is 51.1 Å². The molecule has 1 nitrogen and oxygen atoms in total. The summed E-state index contributed by atoms with van der Waals surface area (Å²) in [5.74, 6) is 1.33. The summed E-state index contributed by atoms with van der Waals surface area (Å²) in [6, 6.07) is 10.7. The van der Waals surface area contributed by atoms with Crippen LogP contribution in [-0.2, 0) is 0 Å². The summed E-state index contributed by atoms with van der Waals surface area (Å²) in [5, 5.41) is 3.40. The van der Waals surface area contributed by atoms with Gasteiger partial charge in [-0.05, 0) is 30.5 Å². The molecule has 0 bridgehead atoms. The van der Waals surface area contributed by atoms with Crippen LogP contribution in [0.1, 0.15) is 32.3 Å². The van der Waals surface area contributed by atoms with Crippen LogP contribution in [0.5, 0.6) is 0 Å². The fourth-order valence-electron chi connectivity index (χ4n) is 1.63. The van der Waals surface area contributed by atoms with Crippen molar-refractivity contribution in [2.45, 2.75) is 26.7 Å². The third-order valence-electron chi connectivity index (χ3n) is 2.90. The monoisotopic (exact) mass is 191 g/mol. The van der Waals surface area contributed by atoms with Crippen molar-refractivity contribution in [3.05, 3.63) is 35.9 Å². The summed E-state index contributed by atoms with van der Waals surface area (Å²) in [5.41, 5.74) is 1.44. The van der Waals surface area contributed by atoms with Crippen molar-refractivity contribution in [2.24, 2.45) is 5.92 Å². The molecule has 0 radical (unpaired) electrons. The fourth-order valence-corrected chi connectivity index (χ4v) is 1.63. The highest BCUT2D eigenvalue weighted by molar-refractivity contribution is 5.19. The van der Waals surface area contributed by atoms with Crippen molar-refractivity contribution in [3.8, 4) is 0 Å². The average Bonchev–Trinajstić information content (AvgIpc) is 2.26. The van der Waals surface area contributed by atoms with Gasteiger partial charge in [-0.15, -0.1) is 0 Å². The first-order chi connectivity index (χ1) is 6.75. The zero-order valence-corrected chi connectivity index (χ0v) is 9.46. The van der Waals surface area contributed by atoms with Crippen molar-refractivity contribution < 1.29 is 0 Å². The van der Waals surface area contributed by atoms with Crippen LogP contribution < -0.4 is 5.32 Å². The second-order valence-electron chi connectivity index (χ2n) is 3.98. The fraction of sp³-hybridized carbons (Fsp3) is 0.538. The second kappa shape index (κ2) is 5.82. The molecule has 0 aromatic heterocycles. The molecule has 0 aliphatic rings. The summed E-state index contributed by atoms with van der Waals surface area (Å²) in [6.07, 6.45) is 0. The lowest BCUT2D eigenvalue weighted by Gasteiger charge is -2.20. The first-order valence-corrected chi connectivity index (χ1v) is 5.51. The Hall–Kier alpha value is -0.820. The minimum absolute atomic E-state index is 0.634. The summed E-state index contributed by atoms with van der Waals surface area (Å²) in [4.78, 5) is 0. The largest absolute Gasteiger partial charge is 0.317 e. The molecular formula is C13H21N. The first kappa shape index (κ1) is 11.3. The van der Waals surface area contributed by atoms with Gasteiger partial charge in [-0.25, -0.2) is 0 Å². The first-order valence-electron chi connectivity index (χ1n) is 5.51. The van der Waals surface area contributed by atoms with Crippen LogP contribution in [0.4, 0.5) is 0 Å². The van der Waals surface area contributed by atoms with Gasteiger partial charge in [0, 0.05) is 0 Å². The summed E-state index contributed by atoms with van der Waals surface area (Å²) >= 11 is 0. The van der Waals surface area contributed by atoms with Crippen LogP contribution in [-0.4, -0.2) is 13.1 Å². The zero-order chi connectivity index (χ0) is 10.4. The minimum Gasteiger partial charge on any atom is -0.317 e. The molecule has 0 aliphatic heterocycles. The minimum atomic E-state index is 0.634. The standard InChI is InChI=1S/C13H21N/c1-4-14-10-11(2)12(3)13-8-6-5-7-9-13/h5-9,11-12,14H,4,10H2,1-3H3. The van der Waals surface area contributed by atoms with Gasteiger partial charge < -0.3 is 5.32 Å². The van der Waals surface area contributed by atoms with Crippen LogP contribution >= 0.6 is 0 Å². The Kier molecular flexibility index (Phi) is 4.68. The molecule has 1 heteroatoms. The van der Waals surface area contributed by atoms with Gasteiger partial charge in [0.05, 0.1) is 0 Å². The summed E-state index contributed by atoms with van der Waals surface area (Å²) in [7, 11) is 0. The smallest absolute Gasteiger partial charge is 0.00175 e. The Bertz CT molecular complexity index is 243. The zero-order valence-electron chi connectivity index (χ0n) is 9.46. The predicted octanol–water partition coefficient (Wildman–Crippen LogP) is 3.04. The lowest BCUT2D eigenvalue weighted by molar-refractivity contribution is 0.454. The van der Waals surface area contributed by atoms with Gasteiger partial charge in [0.25, 0.3) is 0 Å². The molecule has 1 aromatic carbocycles. The molecule has 0 saturated heterocycles. The molecule has 14 heavy (non-hydrogen) atoms. The van der Waals surface area contributed by atoms with E-state index in [1.54, 1.807) is 0 Å². The van der Waals surface area contributed by atoms with Gasteiger partial charge in [-0.3, -0.25) is 0 Å². The van der Waals surface area contributed by atoms with E-state index in [2.05, 4.69) is 56.4 Å². The maximum atomic E-state index is 3.40. The molecule has 1 aromatic rings. The predicted molar refractivity (Wildman–Crippen MR) is 62.6 cm³/mol. The van der Waals surface area contributed by atoms with Crippen molar-refractivity contribution in [2.75, 3.05) is 13.1 Å². The lowest BCUT2D eigenvalue weighted by atomic mass is 9.89. The number of nitrogens with one attached hydrogen (secondary N) is 1. The van der Waals surface area contributed by atoms with Crippen LogP contribution in [0, 0.1) is 5.92 Å². The SMILES string of the molecule is CCNCC(C)C(C)c1ccccc1. The quantitative estimate of drug-likeness (QED) is 0.754. The molecule has 0 aliphatic carbocycles. The maximum Gasteiger partial charge on any atom is -0.00175 e. The molecule has 0 heterocycles. The van der Waals surface area contributed by atoms with E-state index in [0.29, 0.717) is 11.8 Å². The molecule has 2 atom stereocenters. The molecule has 2 unspecified atom stereocenters. The molecule has 78 valence electrons. The van der Waals surface area contributed by atoms with Gasteiger partial charge >= 0.3 is 0 Å². The molecule has 1 rings (SSSR count). The van der Waals surface area contributed by atoms with E-state index in [9.17, 15) is 0 Å². The van der Waals surface area contributed by atoms with Crippen molar-refractivity contribution in [1.82, 2.24) is 5.32 Å². The third-order valence-corrected chi connectivity index (χ3v) is 2.90. The molecule has 1 N–H and O–H groups in total. The van der Waals surface area contributed by atoms with Gasteiger partial charge in [0.1, 0.15) is 0 Å². The number of hydrogen-bond donors (Lipinski definition) is 1. The highest BCUT2D eigenvalue weighted by Gasteiger charge is 2.12. The highest BCUT2D eigenvalue weighted by Crippen LogP contribution is 2.22. The van der Waals surface area contributed by atoms with Crippen molar-refractivity contribution in [1.29, 1.82) is 0 Å². The Morgan fingerprint density at radius 2 is 1.79 bits per heavy atom. The lowest BCUT2D eigenvalue weighted by Crippen LogP contribution is -2.23. The van der Waals surface area contributed by atoms with E-state index in [1.807, 2.05) is 0 Å². The van der Waals surface area contributed by atoms with E-state index >= 15 is 0 Å². The summed E-state index contributed by atoms with van der Waals surface area (Å²) < 4.78 is 0. The van der Waals surface area contributed by atoms with Gasteiger partial charge in [-0.2, -0.15) is 0 Å². The summed E-state index contributed by atoms with van der Waals surface area (Å²) in [6.45, 7) is 8.93. The normalized spacial score (nSPS) is 15.1. The van der Waals surface area contributed by atoms with E-state index < -0.39 is 0 Å². The second-order valence-corrected chi connectivity index (χ2v) is 3.98. The van der Waals surface area contributed by atoms with Crippen LogP contribution in [0.15, 0.2) is 30.3 Å². The molecular weight excluding hydrogens is 170 g/mol. The third kappa shape index (κ3) is 3.15. The number of rotatable bonds is 5. The average molecular weight is 191 g/mol. The highest BCUT2D eigenvalue weighted by atomic mass is 14.8. The van der Waals surface area contributed by atoms with E-state index in [0.717, 1.165) is 13.1 Å². The molecule has 0 spiro atoms. The van der Waals surface area contributed by atoms with Crippen LogP contribution in [0.25, 0.3) is 0 Å². The Morgan fingerprint density at radius 1 is 1.14 bits per heavy atom. The van der Waals surface area contributed by atoms with Crippen LogP contribution in [0.3, 0.4) is 0 Å². The number of benzene rings is 1. The van der Waals surface area contributed by atoms with Gasteiger partial charge in [0.2, 0.25) is 0 Å². The van der Waals surface area contributed by atoms with E-state index in [1.165, 1.54) is 5.56 Å². The van der Waals surface area contributed by atoms with E-state index in [-0.39, 0.29) is 0 Å². The Balaban J connectivity index is 2.52. The van der Waals surface area contributed by atoms with Crippen molar-refractivity contribution >= 4 is 0 Å². The molecule has 0 fully saturated rings. The molecule has 0 saturated carbocycles. The van der Waals surface area contributed by atoms with E-state index in [4.69, 9.17) is 0 Å². The maximum absolute atomic E-state index is 3.40. The molecule has 0 amide bonds. The van der Waals surface area contributed by atoms with Gasteiger partial charge in [0.15, 0.2) is 0 Å². The number of hydrogen-bond acceptors (Lipinski definition) is 1.